The van der Waals surface area contributed by atoms with E-state index in [1.54, 1.807) is 12.1 Å². The van der Waals surface area contributed by atoms with Crippen molar-refractivity contribution in [1.29, 1.82) is 0 Å². The van der Waals surface area contributed by atoms with Crippen LogP contribution in [-0.2, 0) is 9.53 Å². The summed E-state index contributed by atoms with van der Waals surface area (Å²) in [4.78, 5) is 22.1. The minimum atomic E-state index is -0.330. The molecule has 96 valence electrons. The Morgan fingerprint density at radius 3 is 2.72 bits per heavy atom. The summed E-state index contributed by atoms with van der Waals surface area (Å²) in [5, 5.41) is 3.39. The van der Waals surface area contributed by atoms with E-state index in [0.29, 0.717) is 5.56 Å². The average Bonchev–Trinajstić information content (AvgIpc) is 2.46. The maximum Gasteiger partial charge on any atom is 0.337 e. The number of benzene rings is 1. The molecule has 1 aliphatic rings. The average molecular weight is 247 g/mol. The first-order valence-corrected chi connectivity index (χ1v) is 6.11. The summed E-state index contributed by atoms with van der Waals surface area (Å²) in [7, 11) is 1.37. The number of carbonyl (C=O) groups is 2. The highest BCUT2D eigenvalue weighted by Gasteiger charge is 2.22. The van der Waals surface area contributed by atoms with Crippen molar-refractivity contribution < 1.29 is 14.3 Å². The third-order valence-electron chi connectivity index (χ3n) is 3.37. The molecule has 1 aliphatic heterocycles. The van der Waals surface area contributed by atoms with Gasteiger partial charge in [-0.25, -0.2) is 4.79 Å². The van der Waals surface area contributed by atoms with Crippen LogP contribution in [0.4, 0.5) is 0 Å². The van der Waals surface area contributed by atoms with Crippen LogP contribution in [0.25, 0.3) is 0 Å². The fraction of sp³-hybridized carbons (Fsp3) is 0.429. The monoisotopic (exact) mass is 247 g/mol. The number of hydrogen-bond acceptors (Lipinski definition) is 4. The maximum absolute atomic E-state index is 11.3. The summed E-state index contributed by atoms with van der Waals surface area (Å²) >= 11 is 0. The second kappa shape index (κ2) is 5.78. The number of rotatable bonds is 3. The molecule has 4 nitrogen and oxygen atoms in total. The Labute approximate surface area is 106 Å². The zero-order valence-corrected chi connectivity index (χ0v) is 10.4. The van der Waals surface area contributed by atoms with Crippen molar-refractivity contribution in [3.63, 3.8) is 0 Å². The van der Waals surface area contributed by atoms with Crippen LogP contribution in [0.15, 0.2) is 24.3 Å². The van der Waals surface area contributed by atoms with Gasteiger partial charge in [-0.1, -0.05) is 12.1 Å². The summed E-state index contributed by atoms with van der Waals surface area (Å²) in [6, 6.07) is 7.54. The molecule has 1 unspecified atom stereocenters. The number of nitrogens with one attached hydrogen (secondary N) is 1. The second-order valence-corrected chi connectivity index (χ2v) is 4.54. The lowest BCUT2D eigenvalue weighted by molar-refractivity contribution is -0.112. The molecule has 4 heteroatoms. The van der Waals surface area contributed by atoms with Crippen molar-refractivity contribution >= 4 is 12.3 Å². The van der Waals surface area contributed by atoms with Crippen LogP contribution in [0.3, 0.4) is 0 Å². The minimum Gasteiger partial charge on any atom is -0.465 e. The molecule has 0 amide bonds. The smallest absolute Gasteiger partial charge is 0.337 e. The first kappa shape index (κ1) is 12.8. The summed E-state index contributed by atoms with van der Waals surface area (Å²) in [5.74, 6) is -0.194. The molecule has 0 spiro atoms. The van der Waals surface area contributed by atoms with Crippen LogP contribution in [0, 0.1) is 5.92 Å². The third kappa shape index (κ3) is 2.76. The largest absolute Gasteiger partial charge is 0.465 e. The molecular weight excluding hydrogens is 230 g/mol. The van der Waals surface area contributed by atoms with E-state index in [-0.39, 0.29) is 17.9 Å². The molecule has 0 radical (unpaired) electrons. The van der Waals surface area contributed by atoms with Gasteiger partial charge in [0, 0.05) is 12.0 Å². The lowest BCUT2D eigenvalue weighted by Gasteiger charge is -2.27. The molecule has 18 heavy (non-hydrogen) atoms. The molecule has 0 aliphatic carbocycles. The normalized spacial score (nSPS) is 23.4. The molecule has 0 saturated carbocycles. The van der Waals surface area contributed by atoms with Gasteiger partial charge in [-0.05, 0) is 37.1 Å². The zero-order valence-electron chi connectivity index (χ0n) is 10.4. The minimum absolute atomic E-state index is 0.136. The van der Waals surface area contributed by atoms with Gasteiger partial charge in [0.1, 0.15) is 6.29 Å². The number of esters is 1. The highest BCUT2D eigenvalue weighted by atomic mass is 16.5. The maximum atomic E-state index is 11.3. The van der Waals surface area contributed by atoms with Crippen LogP contribution in [0.1, 0.15) is 34.8 Å². The Kier molecular flexibility index (Phi) is 4.10. The lowest BCUT2D eigenvalue weighted by Crippen LogP contribution is -2.32. The zero-order chi connectivity index (χ0) is 13.0. The van der Waals surface area contributed by atoms with Crippen LogP contribution >= 0.6 is 0 Å². The molecule has 1 aromatic rings. The van der Waals surface area contributed by atoms with E-state index >= 15 is 0 Å². The molecule has 1 fully saturated rings. The first-order chi connectivity index (χ1) is 8.74. The Balaban J connectivity index is 2.09. The Morgan fingerprint density at radius 2 is 2.11 bits per heavy atom. The van der Waals surface area contributed by atoms with Gasteiger partial charge in [-0.3, -0.25) is 0 Å². The van der Waals surface area contributed by atoms with E-state index < -0.39 is 0 Å². The summed E-state index contributed by atoms with van der Waals surface area (Å²) in [5.41, 5.74) is 1.65. The van der Waals surface area contributed by atoms with E-state index in [0.717, 1.165) is 31.2 Å². The van der Waals surface area contributed by atoms with Gasteiger partial charge < -0.3 is 14.8 Å². The highest BCUT2D eigenvalue weighted by Crippen LogP contribution is 2.26. The first-order valence-electron chi connectivity index (χ1n) is 6.11. The predicted octanol–water partition coefficient (Wildman–Crippen LogP) is 1.71. The van der Waals surface area contributed by atoms with E-state index in [1.165, 1.54) is 7.11 Å². The molecule has 2 atom stereocenters. The summed E-state index contributed by atoms with van der Waals surface area (Å²) in [6.07, 6.45) is 2.76. The van der Waals surface area contributed by atoms with Gasteiger partial charge in [0.2, 0.25) is 0 Å². The van der Waals surface area contributed by atoms with Gasteiger partial charge in [0.25, 0.3) is 0 Å². The van der Waals surface area contributed by atoms with Gasteiger partial charge in [0.05, 0.1) is 12.7 Å². The number of ether oxygens (including phenoxy) is 1. The molecule has 0 bridgehead atoms. The van der Waals surface area contributed by atoms with Crippen LogP contribution in [-0.4, -0.2) is 25.9 Å². The predicted molar refractivity (Wildman–Crippen MR) is 67.3 cm³/mol. The van der Waals surface area contributed by atoms with E-state index in [1.807, 2.05) is 12.1 Å². The second-order valence-electron chi connectivity index (χ2n) is 4.54. The number of aldehydes is 1. The van der Waals surface area contributed by atoms with Crippen LogP contribution < -0.4 is 5.32 Å². The van der Waals surface area contributed by atoms with Crippen molar-refractivity contribution in [2.24, 2.45) is 5.92 Å². The number of methoxy groups -OCH3 is 1. The van der Waals surface area contributed by atoms with Crippen molar-refractivity contribution in [3.05, 3.63) is 35.4 Å². The SMILES string of the molecule is COC(=O)c1ccc([C@@H]2CC(C=O)CCN2)cc1. The van der Waals surface area contributed by atoms with Crippen molar-refractivity contribution in [3.8, 4) is 0 Å². The molecule has 0 aromatic heterocycles. The van der Waals surface area contributed by atoms with Gasteiger partial charge in [-0.15, -0.1) is 0 Å². The Morgan fingerprint density at radius 1 is 1.39 bits per heavy atom. The number of carbonyl (C=O) groups excluding carboxylic acids is 2. The molecule has 1 aromatic carbocycles. The van der Waals surface area contributed by atoms with Crippen molar-refractivity contribution in [2.45, 2.75) is 18.9 Å². The Bertz CT molecular complexity index is 427. The van der Waals surface area contributed by atoms with E-state index in [4.69, 9.17) is 0 Å². The van der Waals surface area contributed by atoms with Crippen LogP contribution in [0.5, 0.6) is 0 Å². The van der Waals surface area contributed by atoms with Crippen molar-refractivity contribution in [2.75, 3.05) is 13.7 Å². The third-order valence-corrected chi connectivity index (χ3v) is 3.37. The molecule has 1 N–H and O–H groups in total. The fourth-order valence-corrected chi connectivity index (χ4v) is 2.29. The molecule has 2 rings (SSSR count). The summed E-state index contributed by atoms with van der Waals surface area (Å²) in [6.45, 7) is 0.854. The molecule has 1 saturated heterocycles. The van der Waals surface area contributed by atoms with Gasteiger partial charge in [-0.2, -0.15) is 0 Å². The van der Waals surface area contributed by atoms with E-state index in [9.17, 15) is 9.59 Å². The fourth-order valence-electron chi connectivity index (χ4n) is 2.29. The number of piperidine rings is 1. The standard InChI is InChI=1S/C14H17NO3/c1-18-14(17)12-4-2-11(3-5-12)13-8-10(9-16)6-7-15-13/h2-5,9-10,13,15H,6-8H2,1H3/t10?,13-/m0/s1. The van der Waals surface area contributed by atoms with E-state index in [2.05, 4.69) is 10.1 Å². The Hall–Kier alpha value is -1.68. The van der Waals surface area contributed by atoms with Crippen molar-refractivity contribution in [1.82, 2.24) is 5.32 Å². The van der Waals surface area contributed by atoms with Gasteiger partial charge in [0.15, 0.2) is 0 Å². The highest BCUT2D eigenvalue weighted by molar-refractivity contribution is 5.89. The van der Waals surface area contributed by atoms with Crippen LogP contribution in [0.2, 0.25) is 0 Å². The molecular formula is C14H17NO3. The topological polar surface area (TPSA) is 55.4 Å². The lowest BCUT2D eigenvalue weighted by atomic mass is 9.89. The van der Waals surface area contributed by atoms with Gasteiger partial charge >= 0.3 is 5.97 Å². The quantitative estimate of drug-likeness (QED) is 0.652. The number of hydrogen-bond donors (Lipinski definition) is 1. The summed E-state index contributed by atoms with van der Waals surface area (Å²) < 4.78 is 4.66. The molecule has 1 heterocycles.